The molecule has 1 amide bonds. The van der Waals surface area contributed by atoms with Crippen molar-refractivity contribution in [2.45, 2.75) is 45.7 Å². The summed E-state index contributed by atoms with van der Waals surface area (Å²) in [5.41, 5.74) is 6.32. The summed E-state index contributed by atoms with van der Waals surface area (Å²) in [5.74, 6) is -0.0728. The Bertz CT molecular complexity index is 1190. The zero-order chi connectivity index (χ0) is 24.2. The average Bonchev–Trinajstić information content (AvgIpc) is 3.42. The number of carboxylic acids is 1. The zero-order valence-electron chi connectivity index (χ0n) is 19.8. The highest BCUT2D eigenvalue weighted by Gasteiger charge is 2.26. The molecule has 0 bridgehead atoms. The number of aromatic amines is 1. The maximum Gasteiger partial charge on any atom is 0.326 e. The third-order valence-electron chi connectivity index (χ3n) is 6.07. The average molecular weight is 465 g/mol. The van der Waals surface area contributed by atoms with Crippen LogP contribution in [0, 0.1) is 5.92 Å². The first-order valence-corrected chi connectivity index (χ1v) is 11.7. The number of carbonyl (C=O) groups excluding carboxylic acids is 1. The molecule has 0 radical (unpaired) electrons. The summed E-state index contributed by atoms with van der Waals surface area (Å²) in [6.07, 6.45) is 1.54. The fourth-order valence-corrected chi connectivity index (χ4v) is 4.59. The van der Waals surface area contributed by atoms with Crippen LogP contribution in [0.2, 0.25) is 0 Å². The van der Waals surface area contributed by atoms with E-state index in [4.69, 9.17) is 9.84 Å². The summed E-state index contributed by atoms with van der Waals surface area (Å²) >= 11 is 0. The molecule has 34 heavy (non-hydrogen) atoms. The van der Waals surface area contributed by atoms with Crippen molar-refractivity contribution >= 4 is 28.5 Å². The van der Waals surface area contributed by atoms with Gasteiger partial charge in [-0.05, 0) is 48.1 Å². The molecular formula is C26H32N4O4. The SMILES string of the molecule is CC(=O)N[C@H](CC(C)C)C(=O)O.c1ccc2c3c([nH]c2c1)[C@@H](c1ccc2c(c1)NCO2)NCC3. The Kier molecular flexibility index (Phi) is 7.07. The molecule has 2 atom stereocenters. The number of nitrogens with one attached hydrogen (secondary N) is 4. The number of benzene rings is 2. The van der Waals surface area contributed by atoms with Crippen LogP contribution in [0.3, 0.4) is 0 Å². The summed E-state index contributed by atoms with van der Waals surface area (Å²) in [6.45, 7) is 6.71. The molecule has 3 aromatic rings. The number of rotatable bonds is 5. The number of hydrogen-bond acceptors (Lipinski definition) is 5. The highest BCUT2D eigenvalue weighted by atomic mass is 16.5. The van der Waals surface area contributed by atoms with Crippen molar-refractivity contribution < 1.29 is 19.4 Å². The van der Waals surface area contributed by atoms with E-state index in [1.165, 1.54) is 34.6 Å². The molecule has 0 unspecified atom stereocenters. The Labute approximate surface area is 199 Å². The lowest BCUT2D eigenvalue weighted by atomic mass is 9.94. The maximum atomic E-state index is 10.6. The summed E-state index contributed by atoms with van der Waals surface area (Å²) in [6, 6.07) is 14.4. The van der Waals surface area contributed by atoms with Crippen molar-refractivity contribution in [3.63, 3.8) is 0 Å². The zero-order valence-corrected chi connectivity index (χ0v) is 19.8. The van der Waals surface area contributed by atoms with Gasteiger partial charge in [-0.25, -0.2) is 4.79 Å². The molecule has 0 fully saturated rings. The van der Waals surface area contributed by atoms with Crippen molar-refractivity contribution in [1.29, 1.82) is 0 Å². The minimum Gasteiger partial charge on any atom is -0.480 e. The number of fused-ring (bicyclic) bond motifs is 4. The molecular weight excluding hydrogens is 432 g/mol. The third-order valence-corrected chi connectivity index (χ3v) is 6.07. The van der Waals surface area contributed by atoms with Gasteiger partial charge in [-0.2, -0.15) is 0 Å². The van der Waals surface area contributed by atoms with Gasteiger partial charge in [0.2, 0.25) is 5.91 Å². The smallest absolute Gasteiger partial charge is 0.326 e. The molecule has 1 aromatic heterocycles. The van der Waals surface area contributed by atoms with Crippen LogP contribution < -0.4 is 20.7 Å². The Hall–Kier alpha value is -3.52. The molecule has 0 saturated carbocycles. The molecule has 0 saturated heterocycles. The molecule has 2 aliphatic rings. The largest absolute Gasteiger partial charge is 0.480 e. The molecule has 8 nitrogen and oxygen atoms in total. The van der Waals surface area contributed by atoms with Gasteiger partial charge in [-0.15, -0.1) is 0 Å². The summed E-state index contributed by atoms with van der Waals surface area (Å²) in [5, 5.41) is 19.3. The van der Waals surface area contributed by atoms with Crippen molar-refractivity contribution in [2.24, 2.45) is 5.92 Å². The lowest BCUT2D eigenvalue weighted by Crippen LogP contribution is -2.40. The number of aromatic nitrogens is 1. The molecule has 0 aliphatic carbocycles. The van der Waals surface area contributed by atoms with Crippen LogP contribution in [0.25, 0.3) is 10.9 Å². The molecule has 0 spiro atoms. The van der Waals surface area contributed by atoms with E-state index in [2.05, 4.69) is 63.4 Å². The van der Waals surface area contributed by atoms with Crippen LogP contribution in [0.5, 0.6) is 5.75 Å². The summed E-state index contributed by atoms with van der Waals surface area (Å²) < 4.78 is 5.52. The number of hydrogen-bond donors (Lipinski definition) is 5. The van der Waals surface area contributed by atoms with Gasteiger partial charge in [0.1, 0.15) is 11.8 Å². The lowest BCUT2D eigenvalue weighted by molar-refractivity contribution is -0.142. The van der Waals surface area contributed by atoms with E-state index < -0.39 is 12.0 Å². The van der Waals surface area contributed by atoms with Crippen LogP contribution in [-0.2, 0) is 16.0 Å². The Morgan fingerprint density at radius 2 is 2.00 bits per heavy atom. The molecule has 5 N–H and O–H groups in total. The van der Waals surface area contributed by atoms with E-state index in [1.807, 2.05) is 13.8 Å². The van der Waals surface area contributed by atoms with Gasteiger partial charge in [-0.3, -0.25) is 4.79 Å². The van der Waals surface area contributed by atoms with Crippen LogP contribution >= 0.6 is 0 Å². The second kappa shape index (κ2) is 10.2. The number of carboxylic acid groups (broad SMARTS) is 1. The van der Waals surface area contributed by atoms with E-state index in [0.29, 0.717) is 13.2 Å². The van der Waals surface area contributed by atoms with Gasteiger partial charge in [0.25, 0.3) is 0 Å². The predicted octanol–water partition coefficient (Wildman–Crippen LogP) is 3.79. The van der Waals surface area contributed by atoms with Crippen LogP contribution in [0.1, 0.15) is 50.1 Å². The number of amides is 1. The van der Waals surface area contributed by atoms with Gasteiger partial charge in [0.05, 0.1) is 11.7 Å². The first kappa shape index (κ1) is 23.6. The summed E-state index contributed by atoms with van der Waals surface area (Å²) in [7, 11) is 0. The quantitative estimate of drug-likeness (QED) is 0.392. The second-order valence-electron chi connectivity index (χ2n) is 9.14. The number of ether oxygens (including phenoxy) is 1. The molecule has 2 aliphatic heterocycles. The van der Waals surface area contributed by atoms with Crippen LogP contribution in [0.4, 0.5) is 5.69 Å². The maximum absolute atomic E-state index is 10.6. The van der Waals surface area contributed by atoms with Gasteiger partial charge < -0.3 is 30.8 Å². The molecule has 5 rings (SSSR count). The van der Waals surface area contributed by atoms with Gasteiger partial charge in [0.15, 0.2) is 6.73 Å². The predicted molar refractivity (Wildman–Crippen MR) is 132 cm³/mol. The fraction of sp³-hybridized carbons (Fsp3) is 0.385. The lowest BCUT2D eigenvalue weighted by Gasteiger charge is -2.25. The molecule has 8 heteroatoms. The number of carbonyl (C=O) groups is 2. The molecule has 180 valence electrons. The first-order valence-electron chi connectivity index (χ1n) is 11.7. The van der Waals surface area contributed by atoms with Crippen LogP contribution in [-0.4, -0.2) is 41.3 Å². The topological polar surface area (TPSA) is 115 Å². The highest BCUT2D eigenvalue weighted by Crippen LogP contribution is 2.37. The third kappa shape index (κ3) is 5.17. The number of anilines is 1. The first-order chi connectivity index (χ1) is 16.3. The van der Waals surface area contributed by atoms with E-state index in [0.717, 1.165) is 24.4 Å². The molecule has 3 heterocycles. The minimum atomic E-state index is -0.973. The van der Waals surface area contributed by atoms with E-state index in [1.54, 1.807) is 0 Å². The van der Waals surface area contributed by atoms with Crippen molar-refractivity contribution in [2.75, 3.05) is 18.6 Å². The van der Waals surface area contributed by atoms with E-state index in [9.17, 15) is 9.59 Å². The van der Waals surface area contributed by atoms with Gasteiger partial charge >= 0.3 is 5.97 Å². The molecule has 2 aromatic carbocycles. The van der Waals surface area contributed by atoms with Gasteiger partial charge in [0, 0.05) is 30.1 Å². The highest BCUT2D eigenvalue weighted by molar-refractivity contribution is 5.85. The number of H-pyrrole nitrogens is 1. The fourth-order valence-electron chi connectivity index (χ4n) is 4.59. The number of aliphatic carboxylic acids is 1. The number of para-hydroxylation sites is 1. The van der Waals surface area contributed by atoms with E-state index >= 15 is 0 Å². The Morgan fingerprint density at radius 3 is 2.74 bits per heavy atom. The summed E-state index contributed by atoms with van der Waals surface area (Å²) in [4.78, 5) is 24.7. The van der Waals surface area contributed by atoms with Crippen molar-refractivity contribution in [3.05, 3.63) is 59.3 Å². The Morgan fingerprint density at radius 1 is 1.21 bits per heavy atom. The standard InChI is InChI=1S/C18H17N3O.C8H15NO3/c1-2-4-14-12(3-1)13-7-8-19-17(18(13)21-14)11-5-6-16-15(9-11)20-10-22-16;1-5(2)4-7(8(11)12)9-6(3)10/h1-6,9,17,19-21H,7-8,10H2;5,7H,4H2,1-3H3,(H,9,10)(H,11,12)/t17-;7-/m11/s1. The second-order valence-corrected chi connectivity index (χ2v) is 9.14. The van der Waals surface area contributed by atoms with Crippen molar-refractivity contribution in [3.8, 4) is 5.75 Å². The minimum absolute atomic E-state index is 0.212. The van der Waals surface area contributed by atoms with E-state index in [-0.39, 0.29) is 17.9 Å². The normalized spacial score (nSPS) is 17.0. The monoisotopic (exact) mass is 464 g/mol. The van der Waals surface area contributed by atoms with Crippen LogP contribution in [0.15, 0.2) is 42.5 Å². The van der Waals surface area contributed by atoms with Gasteiger partial charge in [-0.1, -0.05) is 38.1 Å². The van der Waals surface area contributed by atoms with Crippen molar-refractivity contribution in [1.82, 2.24) is 15.6 Å². The Balaban J connectivity index is 0.000000197.